The third kappa shape index (κ3) is 6.90. The van der Waals surface area contributed by atoms with Crippen molar-refractivity contribution in [3.8, 4) is 0 Å². The molecule has 2 unspecified atom stereocenters. The van der Waals surface area contributed by atoms with Crippen LogP contribution in [0, 0.1) is 0 Å². The van der Waals surface area contributed by atoms with Crippen LogP contribution < -0.4 is 5.48 Å². The molecular weight excluding hydrogens is 330 g/mol. The molecule has 1 aromatic carbocycles. The Balaban J connectivity index is 2.72. The number of hydroxylamine groups is 1. The molecule has 0 heterocycles. The Labute approximate surface area is 145 Å². The number of carboxylic acids is 1. The highest BCUT2D eigenvalue weighted by molar-refractivity contribution is 7.92. The van der Waals surface area contributed by atoms with E-state index in [9.17, 15) is 14.1 Å². The molecule has 6 nitrogen and oxygen atoms in total. The monoisotopic (exact) mass is 355 g/mol. The standard InChI is InChI=1S/C17H25NO5S/c1-2-3-4-5-6-15(17(21)18-22)24(23)14-10-7-13(8-11-14)9-12-16(19)20/h7-8,10-11,15,22H,2-6,9,12H2,1H3,(H,18,21)(H,19,20). The van der Waals surface area contributed by atoms with Crippen LogP contribution in [0.5, 0.6) is 0 Å². The summed E-state index contributed by atoms with van der Waals surface area (Å²) in [5.41, 5.74) is 2.44. The van der Waals surface area contributed by atoms with Gasteiger partial charge in [0.05, 0.1) is 0 Å². The van der Waals surface area contributed by atoms with E-state index >= 15 is 0 Å². The number of aryl methyl sites for hydroxylation is 1. The number of rotatable bonds is 11. The predicted molar refractivity (Wildman–Crippen MR) is 91.3 cm³/mol. The summed E-state index contributed by atoms with van der Waals surface area (Å²) < 4.78 is 12.6. The molecule has 2 atom stereocenters. The van der Waals surface area contributed by atoms with E-state index in [4.69, 9.17) is 10.3 Å². The minimum Gasteiger partial charge on any atom is -0.611 e. The third-order valence-electron chi connectivity index (χ3n) is 3.76. The number of hydrogen-bond donors (Lipinski definition) is 3. The fraction of sp³-hybridized carbons (Fsp3) is 0.529. The molecule has 3 N–H and O–H groups in total. The lowest BCUT2D eigenvalue weighted by molar-refractivity contribution is -0.137. The van der Waals surface area contributed by atoms with E-state index in [1.807, 2.05) is 0 Å². The molecule has 1 amide bonds. The zero-order valence-electron chi connectivity index (χ0n) is 13.9. The summed E-state index contributed by atoms with van der Waals surface area (Å²) in [5.74, 6) is -1.51. The predicted octanol–water partition coefficient (Wildman–Crippen LogP) is 2.66. The van der Waals surface area contributed by atoms with Gasteiger partial charge in [0.15, 0.2) is 4.90 Å². The molecule has 0 aliphatic carbocycles. The van der Waals surface area contributed by atoms with Crippen LogP contribution in [0.4, 0.5) is 0 Å². The van der Waals surface area contributed by atoms with Crippen molar-refractivity contribution in [2.24, 2.45) is 0 Å². The third-order valence-corrected chi connectivity index (χ3v) is 5.47. The summed E-state index contributed by atoms with van der Waals surface area (Å²) in [6, 6.07) is 6.75. The largest absolute Gasteiger partial charge is 0.611 e. The zero-order chi connectivity index (χ0) is 17.9. The maximum Gasteiger partial charge on any atom is 0.303 e. The van der Waals surface area contributed by atoms with E-state index in [-0.39, 0.29) is 6.42 Å². The molecule has 1 rings (SSSR count). The average molecular weight is 355 g/mol. The summed E-state index contributed by atoms with van der Waals surface area (Å²) in [7, 11) is 0. The van der Waals surface area contributed by atoms with Gasteiger partial charge in [-0.05, 0) is 41.7 Å². The van der Waals surface area contributed by atoms with Gasteiger partial charge in [0, 0.05) is 12.8 Å². The maximum atomic E-state index is 12.6. The second-order valence-corrected chi connectivity index (χ2v) is 7.28. The summed E-state index contributed by atoms with van der Waals surface area (Å²) in [4.78, 5) is 22.9. The first kappa shape index (κ1) is 20.5. The van der Waals surface area contributed by atoms with Crippen LogP contribution in [0.3, 0.4) is 0 Å². The molecule has 0 aliphatic heterocycles. The second-order valence-electron chi connectivity index (χ2n) is 5.65. The first-order valence-electron chi connectivity index (χ1n) is 8.14. The van der Waals surface area contributed by atoms with Gasteiger partial charge < -0.3 is 9.66 Å². The van der Waals surface area contributed by atoms with Crippen LogP contribution in [0.2, 0.25) is 0 Å². The summed E-state index contributed by atoms with van der Waals surface area (Å²) in [5, 5.41) is 16.8. The fourth-order valence-electron chi connectivity index (χ4n) is 2.37. The van der Waals surface area contributed by atoms with E-state index in [1.54, 1.807) is 29.7 Å². The van der Waals surface area contributed by atoms with Crippen molar-refractivity contribution in [1.29, 1.82) is 0 Å². The molecule has 1 aromatic rings. The Bertz CT molecular complexity index is 520. The number of carboxylic acid groups (broad SMARTS) is 1. The highest BCUT2D eigenvalue weighted by Crippen LogP contribution is 2.22. The number of carbonyl (C=O) groups excluding carboxylic acids is 1. The SMILES string of the molecule is CCCCCCC(C(=O)NO)[S+]([O-])c1ccc(CCC(=O)O)cc1. The lowest BCUT2D eigenvalue weighted by Crippen LogP contribution is -2.38. The number of unbranched alkanes of at least 4 members (excludes halogenated alkanes) is 3. The Morgan fingerprint density at radius 3 is 2.42 bits per heavy atom. The number of benzene rings is 1. The van der Waals surface area contributed by atoms with Crippen LogP contribution in [0.25, 0.3) is 0 Å². The number of hydrogen-bond acceptors (Lipinski definition) is 4. The van der Waals surface area contributed by atoms with Gasteiger partial charge in [-0.25, -0.2) is 5.48 Å². The van der Waals surface area contributed by atoms with Crippen LogP contribution in [-0.4, -0.2) is 32.0 Å². The Kier molecular flexibility index (Phi) is 9.44. The average Bonchev–Trinajstić information content (AvgIpc) is 2.59. The van der Waals surface area contributed by atoms with Gasteiger partial charge in [-0.2, -0.15) is 0 Å². The van der Waals surface area contributed by atoms with Gasteiger partial charge in [0.2, 0.25) is 5.25 Å². The molecule has 0 spiro atoms. The molecule has 0 aromatic heterocycles. The van der Waals surface area contributed by atoms with Crippen LogP contribution in [-0.2, 0) is 27.2 Å². The van der Waals surface area contributed by atoms with E-state index in [2.05, 4.69) is 6.92 Å². The van der Waals surface area contributed by atoms with Crippen molar-refractivity contribution < 1.29 is 24.5 Å². The summed E-state index contributed by atoms with van der Waals surface area (Å²) in [6.45, 7) is 2.09. The molecular formula is C17H25NO5S. The first-order valence-corrected chi connectivity index (χ1v) is 9.36. The van der Waals surface area contributed by atoms with Crippen molar-refractivity contribution in [3.05, 3.63) is 29.8 Å². The lowest BCUT2D eigenvalue weighted by atomic mass is 10.1. The van der Waals surface area contributed by atoms with Gasteiger partial charge in [-0.3, -0.25) is 14.8 Å². The van der Waals surface area contributed by atoms with E-state index in [1.165, 1.54) is 0 Å². The zero-order valence-corrected chi connectivity index (χ0v) is 14.7. The smallest absolute Gasteiger partial charge is 0.303 e. The van der Waals surface area contributed by atoms with Crippen LogP contribution in [0.1, 0.15) is 51.0 Å². The maximum absolute atomic E-state index is 12.6. The van der Waals surface area contributed by atoms with Crippen molar-refractivity contribution >= 4 is 23.1 Å². The number of amides is 1. The molecule has 0 bridgehead atoms. The highest BCUT2D eigenvalue weighted by atomic mass is 32.2. The van der Waals surface area contributed by atoms with Crippen molar-refractivity contribution in [3.63, 3.8) is 0 Å². The highest BCUT2D eigenvalue weighted by Gasteiger charge is 2.31. The van der Waals surface area contributed by atoms with E-state index in [0.29, 0.717) is 17.7 Å². The molecule has 7 heteroatoms. The number of aliphatic carboxylic acids is 1. The topological polar surface area (TPSA) is 110 Å². The van der Waals surface area contributed by atoms with Gasteiger partial charge >= 0.3 is 5.97 Å². The van der Waals surface area contributed by atoms with E-state index in [0.717, 1.165) is 31.2 Å². The lowest BCUT2D eigenvalue weighted by Gasteiger charge is -2.19. The van der Waals surface area contributed by atoms with Crippen molar-refractivity contribution in [2.45, 2.75) is 62.0 Å². The Hall–Kier alpha value is -1.57. The molecule has 0 saturated heterocycles. The molecule has 0 fully saturated rings. The summed E-state index contributed by atoms with van der Waals surface area (Å²) >= 11 is -1.57. The quantitative estimate of drug-likeness (QED) is 0.245. The first-order chi connectivity index (χ1) is 11.5. The number of nitrogens with one attached hydrogen (secondary N) is 1. The van der Waals surface area contributed by atoms with Crippen LogP contribution in [0.15, 0.2) is 29.2 Å². The van der Waals surface area contributed by atoms with Gasteiger partial charge in [-0.1, -0.05) is 38.3 Å². The second kappa shape index (κ2) is 11.1. The van der Waals surface area contributed by atoms with Crippen molar-refractivity contribution in [1.82, 2.24) is 5.48 Å². The minimum atomic E-state index is -1.57. The molecule has 24 heavy (non-hydrogen) atoms. The number of carbonyl (C=O) groups is 2. The Morgan fingerprint density at radius 1 is 1.21 bits per heavy atom. The van der Waals surface area contributed by atoms with Gasteiger partial charge in [0.1, 0.15) is 0 Å². The van der Waals surface area contributed by atoms with Crippen LogP contribution >= 0.6 is 0 Å². The summed E-state index contributed by atoms with van der Waals surface area (Å²) in [6.07, 6.45) is 4.73. The normalized spacial score (nSPS) is 13.3. The van der Waals surface area contributed by atoms with Gasteiger partial charge in [0.25, 0.3) is 5.91 Å². The van der Waals surface area contributed by atoms with E-state index < -0.39 is 28.3 Å². The molecule has 0 radical (unpaired) electrons. The fourth-order valence-corrected chi connectivity index (χ4v) is 3.73. The van der Waals surface area contributed by atoms with Crippen molar-refractivity contribution in [2.75, 3.05) is 0 Å². The van der Waals surface area contributed by atoms with Gasteiger partial charge in [-0.15, -0.1) is 0 Å². The minimum absolute atomic E-state index is 0.0371. The molecule has 134 valence electrons. The molecule has 0 aliphatic rings. The Morgan fingerprint density at radius 2 is 1.88 bits per heavy atom. The molecule has 0 saturated carbocycles.